The van der Waals surface area contributed by atoms with Gasteiger partial charge in [0.15, 0.2) is 0 Å². The summed E-state index contributed by atoms with van der Waals surface area (Å²) in [7, 11) is 0. The first kappa shape index (κ1) is 11.2. The van der Waals surface area contributed by atoms with Crippen molar-refractivity contribution in [1.82, 2.24) is 4.90 Å². The summed E-state index contributed by atoms with van der Waals surface area (Å²) in [5.74, 6) is 0.419. The second kappa shape index (κ2) is 5.13. The van der Waals surface area contributed by atoms with Crippen LogP contribution in [0.25, 0.3) is 0 Å². The average Bonchev–Trinajstić information content (AvgIpc) is 2.14. The van der Waals surface area contributed by atoms with Crippen molar-refractivity contribution in [3.8, 4) is 0 Å². The number of carbonyl (C=O) groups excluding carboxylic acids is 2. The third kappa shape index (κ3) is 2.82. The number of ketones is 1. The first-order valence-electron chi connectivity index (χ1n) is 5.44. The summed E-state index contributed by atoms with van der Waals surface area (Å²) in [5.41, 5.74) is 0. The molecule has 3 heteroatoms. The fourth-order valence-corrected chi connectivity index (χ4v) is 2.01. The quantitative estimate of drug-likeness (QED) is 0.691. The first-order valence-corrected chi connectivity index (χ1v) is 5.44. The summed E-state index contributed by atoms with van der Waals surface area (Å²) in [6.45, 7) is 4.35. The molecule has 0 saturated carbocycles. The molecule has 0 radical (unpaired) electrons. The van der Waals surface area contributed by atoms with Gasteiger partial charge in [-0.25, -0.2) is 0 Å². The Morgan fingerprint density at radius 2 is 2.29 bits per heavy atom. The molecule has 0 unspecified atom stereocenters. The molecule has 0 spiro atoms. The van der Waals surface area contributed by atoms with Crippen LogP contribution in [0.2, 0.25) is 0 Å². The number of Topliss-reactive ketones (excluding diaryl/α,β-unsaturated/α-hetero) is 1. The number of amides is 1. The van der Waals surface area contributed by atoms with Gasteiger partial charge in [-0.3, -0.25) is 9.59 Å². The summed E-state index contributed by atoms with van der Waals surface area (Å²) in [5, 5.41) is 0. The Hall–Kier alpha value is -0.860. The van der Waals surface area contributed by atoms with Crippen LogP contribution in [0.15, 0.2) is 0 Å². The number of rotatable bonds is 3. The molecule has 0 aliphatic carbocycles. The fourth-order valence-electron chi connectivity index (χ4n) is 2.01. The van der Waals surface area contributed by atoms with Gasteiger partial charge in [0.2, 0.25) is 5.91 Å². The van der Waals surface area contributed by atoms with Crippen LogP contribution in [0.1, 0.15) is 46.0 Å². The van der Waals surface area contributed by atoms with E-state index in [2.05, 4.69) is 6.92 Å². The predicted octanol–water partition coefficient (Wildman–Crippen LogP) is 1.76. The Labute approximate surface area is 85.5 Å². The maximum absolute atomic E-state index is 11.3. The van der Waals surface area contributed by atoms with Crippen molar-refractivity contribution in [3.05, 3.63) is 0 Å². The van der Waals surface area contributed by atoms with Crippen molar-refractivity contribution in [2.75, 3.05) is 6.54 Å². The van der Waals surface area contributed by atoms with Crippen molar-refractivity contribution >= 4 is 11.7 Å². The largest absolute Gasteiger partial charge is 0.339 e. The van der Waals surface area contributed by atoms with Crippen LogP contribution in [-0.2, 0) is 9.59 Å². The third-order valence-corrected chi connectivity index (χ3v) is 2.83. The van der Waals surface area contributed by atoms with Gasteiger partial charge in [-0.15, -0.1) is 0 Å². The molecule has 0 bridgehead atoms. The first-order chi connectivity index (χ1) is 6.65. The Kier molecular flexibility index (Phi) is 4.11. The highest BCUT2D eigenvalue weighted by Gasteiger charge is 2.27. The Balaban J connectivity index is 2.54. The molecule has 1 aliphatic heterocycles. The smallest absolute Gasteiger partial charge is 0.219 e. The lowest BCUT2D eigenvalue weighted by Crippen LogP contribution is -2.45. The number of hydrogen-bond donors (Lipinski definition) is 0. The Morgan fingerprint density at radius 1 is 1.57 bits per heavy atom. The zero-order valence-electron chi connectivity index (χ0n) is 9.08. The molecule has 80 valence electrons. The average molecular weight is 197 g/mol. The van der Waals surface area contributed by atoms with Gasteiger partial charge >= 0.3 is 0 Å². The number of piperidine rings is 1. The number of nitrogens with zero attached hydrogens (tertiary/aromatic N) is 1. The van der Waals surface area contributed by atoms with Crippen LogP contribution >= 0.6 is 0 Å². The highest BCUT2D eigenvalue weighted by Crippen LogP contribution is 2.19. The van der Waals surface area contributed by atoms with E-state index < -0.39 is 0 Å². The zero-order valence-corrected chi connectivity index (χ0v) is 9.08. The molecule has 1 aliphatic rings. The van der Waals surface area contributed by atoms with Crippen LogP contribution < -0.4 is 0 Å². The highest BCUT2D eigenvalue weighted by molar-refractivity contribution is 5.83. The molecule has 1 atom stereocenters. The van der Waals surface area contributed by atoms with Crippen molar-refractivity contribution in [1.29, 1.82) is 0 Å². The minimum atomic E-state index is 0.110. The van der Waals surface area contributed by atoms with E-state index in [9.17, 15) is 9.59 Å². The van der Waals surface area contributed by atoms with Gasteiger partial charge in [0.05, 0.1) is 0 Å². The molecule has 3 nitrogen and oxygen atoms in total. The predicted molar refractivity (Wildman–Crippen MR) is 54.9 cm³/mol. The molecule has 0 aromatic heterocycles. The van der Waals surface area contributed by atoms with Crippen molar-refractivity contribution in [2.45, 2.75) is 52.0 Å². The van der Waals surface area contributed by atoms with E-state index in [1.807, 2.05) is 4.90 Å². The van der Waals surface area contributed by atoms with E-state index >= 15 is 0 Å². The summed E-state index contributed by atoms with van der Waals surface area (Å²) in [6.07, 6.45) is 4.31. The summed E-state index contributed by atoms with van der Waals surface area (Å²) < 4.78 is 0. The molecule has 1 rings (SSSR count). The normalized spacial score (nSPS) is 22.6. The Morgan fingerprint density at radius 3 is 2.86 bits per heavy atom. The zero-order chi connectivity index (χ0) is 10.6. The van der Waals surface area contributed by atoms with Crippen LogP contribution in [0.5, 0.6) is 0 Å². The number of likely N-dealkylation sites (tertiary alicyclic amines) is 1. The maximum atomic E-state index is 11.3. The molecule has 1 saturated heterocycles. The molecule has 14 heavy (non-hydrogen) atoms. The van der Waals surface area contributed by atoms with Crippen molar-refractivity contribution < 1.29 is 9.59 Å². The van der Waals surface area contributed by atoms with Gasteiger partial charge < -0.3 is 4.90 Å². The molecule has 0 aromatic rings. The Bertz CT molecular complexity index is 225. The standard InChI is InChI=1S/C11H19NO2/c1-3-4-5-10-8-11(14)6-7-12(10)9(2)13/h10H,3-8H2,1-2H3/t10-/m1/s1. The van der Waals surface area contributed by atoms with E-state index in [1.165, 1.54) is 0 Å². The lowest BCUT2D eigenvalue weighted by Gasteiger charge is -2.34. The SMILES string of the molecule is CCCC[C@@H]1CC(=O)CCN1C(C)=O. The molecule has 1 fully saturated rings. The molecular formula is C11H19NO2. The van der Waals surface area contributed by atoms with E-state index in [1.54, 1.807) is 6.92 Å². The second-order valence-corrected chi connectivity index (χ2v) is 4.00. The van der Waals surface area contributed by atoms with Crippen LogP contribution in [0, 0.1) is 0 Å². The molecule has 0 N–H and O–H groups in total. The highest BCUT2D eigenvalue weighted by atomic mass is 16.2. The monoisotopic (exact) mass is 197 g/mol. The van der Waals surface area contributed by atoms with E-state index in [-0.39, 0.29) is 11.9 Å². The summed E-state index contributed by atoms with van der Waals surface area (Å²) >= 11 is 0. The number of unbranched alkanes of at least 4 members (excludes halogenated alkanes) is 1. The van der Waals surface area contributed by atoms with E-state index in [0.29, 0.717) is 25.2 Å². The van der Waals surface area contributed by atoms with Gasteiger partial charge in [-0.1, -0.05) is 19.8 Å². The van der Waals surface area contributed by atoms with Crippen LogP contribution in [-0.4, -0.2) is 29.2 Å². The molecular weight excluding hydrogens is 178 g/mol. The van der Waals surface area contributed by atoms with Crippen LogP contribution in [0.3, 0.4) is 0 Å². The van der Waals surface area contributed by atoms with E-state index in [4.69, 9.17) is 0 Å². The molecule has 1 amide bonds. The lowest BCUT2D eigenvalue weighted by atomic mass is 9.96. The van der Waals surface area contributed by atoms with Gasteiger partial charge in [0.1, 0.15) is 5.78 Å². The lowest BCUT2D eigenvalue weighted by molar-refractivity contribution is -0.136. The van der Waals surface area contributed by atoms with Crippen molar-refractivity contribution in [3.63, 3.8) is 0 Å². The number of hydrogen-bond acceptors (Lipinski definition) is 2. The number of carbonyl (C=O) groups is 2. The van der Waals surface area contributed by atoms with Gasteiger partial charge in [0.25, 0.3) is 0 Å². The minimum absolute atomic E-state index is 0.110. The van der Waals surface area contributed by atoms with E-state index in [0.717, 1.165) is 19.3 Å². The van der Waals surface area contributed by atoms with Gasteiger partial charge in [-0.2, -0.15) is 0 Å². The second-order valence-electron chi connectivity index (χ2n) is 4.00. The van der Waals surface area contributed by atoms with Crippen LogP contribution in [0.4, 0.5) is 0 Å². The maximum Gasteiger partial charge on any atom is 0.219 e. The fraction of sp³-hybridized carbons (Fsp3) is 0.818. The summed E-state index contributed by atoms with van der Waals surface area (Å²) in [6, 6.07) is 0.175. The molecule has 1 heterocycles. The topological polar surface area (TPSA) is 37.4 Å². The van der Waals surface area contributed by atoms with Gasteiger partial charge in [0, 0.05) is 32.4 Å². The van der Waals surface area contributed by atoms with Gasteiger partial charge in [-0.05, 0) is 6.42 Å². The third-order valence-electron chi connectivity index (χ3n) is 2.83. The minimum Gasteiger partial charge on any atom is -0.339 e. The summed E-state index contributed by atoms with van der Waals surface area (Å²) in [4.78, 5) is 24.4. The molecule has 0 aromatic carbocycles. The van der Waals surface area contributed by atoms with Crippen molar-refractivity contribution in [2.24, 2.45) is 0 Å².